The van der Waals surface area contributed by atoms with Crippen molar-refractivity contribution in [2.45, 2.75) is 57.8 Å². The normalized spacial score (nSPS) is 13.4. The molecule has 3 amide bonds. The molecule has 3 unspecified atom stereocenters. The van der Waals surface area contributed by atoms with Crippen molar-refractivity contribution in [3.8, 4) is 5.75 Å². The second kappa shape index (κ2) is 15.4. The third-order valence-electron chi connectivity index (χ3n) is 6.13. The summed E-state index contributed by atoms with van der Waals surface area (Å²) in [6.45, 7) is 4.98. The van der Waals surface area contributed by atoms with E-state index in [0.29, 0.717) is 25.3 Å². The molecule has 0 heterocycles. The van der Waals surface area contributed by atoms with Gasteiger partial charge in [-0.25, -0.2) is 0 Å². The number of aliphatic hydroxyl groups excluding tert-OH is 2. The lowest BCUT2D eigenvalue weighted by atomic mass is 9.95. The quantitative estimate of drug-likeness (QED) is 0.231. The Bertz CT molecular complexity index is 1070. The number of nitrogens with zero attached hydrogens (tertiary/aromatic N) is 1. The van der Waals surface area contributed by atoms with Crippen LogP contribution in [0.2, 0.25) is 0 Å². The molecule has 2 aromatic rings. The highest BCUT2D eigenvalue weighted by atomic mass is 32.2. The van der Waals surface area contributed by atoms with Crippen molar-refractivity contribution < 1.29 is 29.7 Å². The molecule has 208 valence electrons. The number of amides is 3. The number of benzene rings is 2. The zero-order valence-electron chi connectivity index (χ0n) is 22.2. The van der Waals surface area contributed by atoms with Crippen LogP contribution in [0.4, 0.5) is 0 Å². The monoisotopic (exact) mass is 545 g/mol. The molecule has 3 atom stereocenters. The first kappa shape index (κ1) is 31.1. The van der Waals surface area contributed by atoms with Crippen LogP contribution in [0.1, 0.15) is 69.7 Å². The molecule has 0 saturated carbocycles. The number of hydrogen-bond acceptors (Lipinski definition) is 7. The van der Waals surface area contributed by atoms with Gasteiger partial charge in [-0.1, -0.05) is 26.0 Å². The Hall–Kier alpha value is -3.08. The van der Waals surface area contributed by atoms with Gasteiger partial charge in [-0.15, -0.1) is 0 Å². The van der Waals surface area contributed by atoms with Crippen LogP contribution in [0, 0.1) is 0 Å². The molecule has 0 spiro atoms. The van der Waals surface area contributed by atoms with E-state index in [4.69, 9.17) is 5.73 Å². The lowest BCUT2D eigenvalue weighted by Crippen LogP contribution is -2.50. The third kappa shape index (κ3) is 9.04. The van der Waals surface area contributed by atoms with Gasteiger partial charge in [0.05, 0.1) is 12.1 Å². The first-order chi connectivity index (χ1) is 18.1. The number of primary amides is 1. The predicted molar refractivity (Wildman–Crippen MR) is 150 cm³/mol. The molecule has 0 fully saturated rings. The minimum absolute atomic E-state index is 0.0181. The number of carbonyl (C=O) groups is 3. The Kier molecular flexibility index (Phi) is 12.6. The molecule has 0 aliphatic heterocycles. The zero-order chi connectivity index (χ0) is 28.2. The van der Waals surface area contributed by atoms with E-state index in [2.05, 4.69) is 5.32 Å². The van der Waals surface area contributed by atoms with Crippen molar-refractivity contribution >= 4 is 29.5 Å². The highest BCUT2D eigenvalue weighted by Gasteiger charge is 2.29. The number of carbonyl (C=O) groups excluding carboxylic acids is 3. The van der Waals surface area contributed by atoms with Crippen LogP contribution < -0.4 is 11.1 Å². The van der Waals surface area contributed by atoms with Gasteiger partial charge in [0.25, 0.3) is 11.8 Å². The summed E-state index contributed by atoms with van der Waals surface area (Å²) in [7, 11) is 0. The van der Waals surface area contributed by atoms with Crippen molar-refractivity contribution in [3.05, 3.63) is 64.7 Å². The van der Waals surface area contributed by atoms with E-state index < -0.39 is 30.1 Å². The average Bonchev–Trinajstić information content (AvgIpc) is 2.91. The maximum Gasteiger partial charge on any atom is 0.253 e. The molecule has 0 aliphatic carbocycles. The number of hydrogen-bond donors (Lipinski definition) is 5. The summed E-state index contributed by atoms with van der Waals surface area (Å²) in [6, 6.07) is 9.54. The molecule has 9 nitrogen and oxygen atoms in total. The Morgan fingerprint density at radius 3 is 2.11 bits per heavy atom. The number of thioether (sulfide) groups is 1. The summed E-state index contributed by atoms with van der Waals surface area (Å²) in [6.07, 6.45) is 1.52. The lowest BCUT2D eigenvalue weighted by Gasteiger charge is -2.28. The minimum Gasteiger partial charge on any atom is -0.508 e. The summed E-state index contributed by atoms with van der Waals surface area (Å²) < 4.78 is 0. The predicted octanol–water partition coefficient (Wildman–Crippen LogP) is 2.57. The van der Waals surface area contributed by atoms with E-state index >= 15 is 0 Å². The van der Waals surface area contributed by atoms with Gasteiger partial charge in [-0.05, 0) is 73.6 Å². The van der Waals surface area contributed by atoms with Crippen LogP contribution in [0.15, 0.2) is 42.5 Å². The molecular formula is C28H39N3O6S. The van der Waals surface area contributed by atoms with Crippen LogP contribution >= 0.6 is 11.8 Å². The van der Waals surface area contributed by atoms with Crippen molar-refractivity contribution in [1.29, 1.82) is 0 Å². The Morgan fingerprint density at radius 2 is 1.55 bits per heavy atom. The highest BCUT2D eigenvalue weighted by molar-refractivity contribution is 7.98. The number of phenols is 1. The fraction of sp³-hybridized carbons (Fsp3) is 0.464. The largest absolute Gasteiger partial charge is 0.508 e. The molecule has 6 N–H and O–H groups in total. The van der Waals surface area contributed by atoms with Crippen molar-refractivity contribution in [2.75, 3.05) is 25.1 Å². The summed E-state index contributed by atoms with van der Waals surface area (Å²) in [5.74, 6) is -1.01. The summed E-state index contributed by atoms with van der Waals surface area (Å²) >= 11 is 1.53. The van der Waals surface area contributed by atoms with Gasteiger partial charge in [0.15, 0.2) is 0 Å². The molecule has 0 aromatic heterocycles. The van der Waals surface area contributed by atoms with Crippen LogP contribution in [-0.4, -0.2) is 81.3 Å². The second-order valence-corrected chi connectivity index (χ2v) is 10.2. The number of aromatic hydroxyl groups is 1. The molecule has 38 heavy (non-hydrogen) atoms. The van der Waals surface area contributed by atoms with E-state index in [1.807, 2.05) is 20.1 Å². The summed E-state index contributed by atoms with van der Waals surface area (Å²) in [5.41, 5.74) is 6.46. The minimum atomic E-state index is -1.29. The fourth-order valence-electron chi connectivity index (χ4n) is 4.13. The second-order valence-electron chi connectivity index (χ2n) is 9.25. The van der Waals surface area contributed by atoms with E-state index in [0.717, 1.165) is 18.4 Å². The fourth-order valence-corrected chi connectivity index (χ4v) is 4.61. The first-order valence-electron chi connectivity index (χ1n) is 12.8. The molecule has 2 rings (SSSR count). The van der Waals surface area contributed by atoms with Gasteiger partial charge >= 0.3 is 0 Å². The van der Waals surface area contributed by atoms with Crippen LogP contribution in [0.25, 0.3) is 0 Å². The zero-order valence-corrected chi connectivity index (χ0v) is 23.0. The van der Waals surface area contributed by atoms with Crippen LogP contribution in [0.3, 0.4) is 0 Å². The Morgan fingerprint density at radius 1 is 0.974 bits per heavy atom. The summed E-state index contributed by atoms with van der Waals surface area (Å²) in [4.78, 5) is 40.3. The van der Waals surface area contributed by atoms with Gasteiger partial charge in [-0.2, -0.15) is 11.8 Å². The van der Waals surface area contributed by atoms with Crippen LogP contribution in [-0.2, 0) is 6.42 Å². The van der Waals surface area contributed by atoms with Crippen LogP contribution in [0.5, 0.6) is 5.75 Å². The van der Waals surface area contributed by atoms with Gasteiger partial charge in [0, 0.05) is 29.8 Å². The summed E-state index contributed by atoms with van der Waals surface area (Å²) in [5, 5.41) is 33.9. The SMILES string of the molecule is CCCN(CCC)C(=O)c1cc(C(N)=O)cc(C(=O)NC(Cc2ccc(O)cc2)C(O)C(O)CCSC)c1. The standard InChI is InChI=1S/C28H39N3O6S/c1-4-11-31(12-5-2)28(37)21-16-19(26(29)35)15-20(17-21)27(36)30-23(25(34)24(33)10-13-38-3)14-18-6-8-22(32)9-7-18/h6-9,15-17,23-25,32-34H,4-5,10-14H2,1-3H3,(H2,29,35)(H,30,36). The highest BCUT2D eigenvalue weighted by Crippen LogP contribution is 2.18. The smallest absolute Gasteiger partial charge is 0.253 e. The van der Waals surface area contributed by atoms with Gasteiger partial charge in [-0.3, -0.25) is 14.4 Å². The molecule has 0 radical (unpaired) electrons. The maximum absolute atomic E-state index is 13.4. The number of rotatable bonds is 15. The average molecular weight is 546 g/mol. The Balaban J connectivity index is 2.40. The van der Waals surface area contributed by atoms with Crippen molar-refractivity contribution in [2.24, 2.45) is 5.73 Å². The topological polar surface area (TPSA) is 153 Å². The van der Waals surface area contributed by atoms with E-state index in [1.165, 1.54) is 42.1 Å². The molecule has 2 aromatic carbocycles. The number of nitrogens with one attached hydrogen (secondary N) is 1. The number of aliphatic hydroxyl groups is 2. The molecular weight excluding hydrogens is 506 g/mol. The Labute approximate surface area is 228 Å². The first-order valence-corrected chi connectivity index (χ1v) is 14.2. The third-order valence-corrected chi connectivity index (χ3v) is 6.78. The van der Waals surface area contributed by atoms with Crippen molar-refractivity contribution in [3.63, 3.8) is 0 Å². The van der Waals surface area contributed by atoms with Gasteiger partial charge < -0.3 is 31.3 Å². The molecule has 0 saturated heterocycles. The van der Waals surface area contributed by atoms with E-state index in [1.54, 1.807) is 17.0 Å². The molecule has 0 aliphatic rings. The van der Waals surface area contributed by atoms with Gasteiger partial charge in [0.2, 0.25) is 5.91 Å². The van der Waals surface area contributed by atoms with E-state index in [9.17, 15) is 29.7 Å². The van der Waals surface area contributed by atoms with Gasteiger partial charge in [0.1, 0.15) is 11.9 Å². The lowest BCUT2D eigenvalue weighted by molar-refractivity contribution is -0.00406. The molecule has 10 heteroatoms. The van der Waals surface area contributed by atoms with E-state index in [-0.39, 0.29) is 34.8 Å². The number of phenolic OH excluding ortho intramolecular Hbond substituents is 1. The van der Waals surface area contributed by atoms with Crippen molar-refractivity contribution in [1.82, 2.24) is 10.2 Å². The molecule has 0 bridgehead atoms. The number of nitrogens with two attached hydrogens (primary N) is 1. The maximum atomic E-state index is 13.4.